The van der Waals surface area contributed by atoms with E-state index < -0.39 is 0 Å². The Hall–Kier alpha value is -2.46. The highest BCUT2D eigenvalue weighted by atomic mass is 35.5. The van der Waals surface area contributed by atoms with Gasteiger partial charge in [0.1, 0.15) is 5.82 Å². The van der Waals surface area contributed by atoms with Crippen molar-refractivity contribution in [3.8, 4) is 0 Å². The van der Waals surface area contributed by atoms with Gasteiger partial charge in [0.15, 0.2) is 0 Å². The van der Waals surface area contributed by atoms with Crippen LogP contribution >= 0.6 is 11.6 Å². The monoisotopic (exact) mass is 424 g/mol. The third-order valence-electron chi connectivity index (χ3n) is 6.33. The van der Waals surface area contributed by atoms with Crippen LogP contribution in [0.2, 0.25) is 5.02 Å². The van der Waals surface area contributed by atoms with E-state index in [9.17, 15) is 9.18 Å². The molecule has 3 atom stereocenters. The Bertz CT molecular complexity index is 1040. The number of carbonyl (C=O) groups excluding carboxylic acids is 1. The third kappa shape index (κ3) is 4.65. The van der Waals surface area contributed by atoms with Crippen molar-refractivity contribution in [1.82, 2.24) is 10.3 Å². The van der Waals surface area contributed by atoms with Crippen molar-refractivity contribution in [2.24, 2.45) is 5.92 Å². The van der Waals surface area contributed by atoms with Crippen LogP contribution in [0.1, 0.15) is 60.9 Å². The van der Waals surface area contributed by atoms with Gasteiger partial charge < -0.3 is 5.32 Å². The average Bonchev–Trinajstić information content (AvgIpc) is 2.74. The Labute approximate surface area is 181 Å². The standard InChI is InChI=1S/C25H26ClFN2O/c1-16-5-6-17(21-13-14-28-24-12-11-20(27)15-22(21)24)3-2-4-23(16)29-25(30)18-7-9-19(26)10-8-18/h7-17,23H,2-6H2,1H3,(H,29,30)/t16-,17+,23-/m1/s1. The van der Waals surface area contributed by atoms with Crippen LogP contribution in [0, 0.1) is 11.7 Å². The number of amides is 1. The molecule has 1 fully saturated rings. The normalized spacial score (nSPS) is 22.3. The second kappa shape index (κ2) is 9.13. The topological polar surface area (TPSA) is 42.0 Å². The molecular weight excluding hydrogens is 399 g/mol. The second-order valence-electron chi connectivity index (χ2n) is 8.33. The zero-order valence-electron chi connectivity index (χ0n) is 17.1. The molecule has 156 valence electrons. The Kier molecular flexibility index (Phi) is 6.33. The van der Waals surface area contributed by atoms with Gasteiger partial charge in [-0.05, 0) is 91.6 Å². The smallest absolute Gasteiger partial charge is 0.251 e. The number of pyridine rings is 1. The summed E-state index contributed by atoms with van der Waals surface area (Å²) in [6, 6.07) is 14.0. The van der Waals surface area contributed by atoms with Crippen LogP contribution in [0.4, 0.5) is 4.39 Å². The molecule has 3 nitrogen and oxygen atoms in total. The lowest BCUT2D eigenvalue weighted by atomic mass is 9.79. The summed E-state index contributed by atoms with van der Waals surface area (Å²) < 4.78 is 13.9. The second-order valence-corrected chi connectivity index (χ2v) is 8.77. The summed E-state index contributed by atoms with van der Waals surface area (Å²) in [6.07, 6.45) is 6.83. The van der Waals surface area contributed by atoms with Crippen molar-refractivity contribution in [1.29, 1.82) is 0 Å². The van der Waals surface area contributed by atoms with Gasteiger partial charge in [0.05, 0.1) is 5.52 Å². The fourth-order valence-electron chi connectivity index (χ4n) is 4.55. The highest BCUT2D eigenvalue weighted by molar-refractivity contribution is 6.30. The predicted molar refractivity (Wildman–Crippen MR) is 119 cm³/mol. The van der Waals surface area contributed by atoms with Gasteiger partial charge in [0.25, 0.3) is 5.91 Å². The van der Waals surface area contributed by atoms with E-state index >= 15 is 0 Å². The number of hydrogen-bond acceptors (Lipinski definition) is 2. The summed E-state index contributed by atoms with van der Waals surface area (Å²) in [5, 5.41) is 4.77. The molecule has 4 rings (SSSR count). The van der Waals surface area contributed by atoms with E-state index in [1.54, 1.807) is 36.4 Å². The number of benzene rings is 2. The van der Waals surface area contributed by atoms with E-state index in [0.29, 0.717) is 22.4 Å². The van der Waals surface area contributed by atoms with Crippen molar-refractivity contribution in [2.45, 2.75) is 51.0 Å². The SMILES string of the molecule is C[C@@H]1CC[C@@H](c2ccnc3ccc(F)cc23)CCC[C@H]1NC(=O)c1ccc(Cl)cc1. The summed E-state index contributed by atoms with van der Waals surface area (Å²) in [5.74, 6) is 0.485. The molecule has 1 saturated carbocycles. The number of nitrogens with one attached hydrogen (secondary N) is 1. The quantitative estimate of drug-likeness (QED) is 0.520. The van der Waals surface area contributed by atoms with Gasteiger partial charge in [-0.25, -0.2) is 4.39 Å². The number of halogens is 2. The minimum Gasteiger partial charge on any atom is -0.349 e. The first-order valence-electron chi connectivity index (χ1n) is 10.6. The first kappa shape index (κ1) is 20.8. The number of hydrogen-bond donors (Lipinski definition) is 1. The fourth-order valence-corrected chi connectivity index (χ4v) is 4.68. The molecule has 3 aromatic rings. The van der Waals surface area contributed by atoms with E-state index in [1.165, 1.54) is 11.6 Å². The van der Waals surface area contributed by atoms with Crippen LogP contribution < -0.4 is 5.32 Å². The first-order valence-corrected chi connectivity index (χ1v) is 11.0. The van der Waals surface area contributed by atoms with Gasteiger partial charge in [-0.3, -0.25) is 9.78 Å². The van der Waals surface area contributed by atoms with Crippen molar-refractivity contribution < 1.29 is 9.18 Å². The maximum atomic E-state index is 13.9. The first-order chi connectivity index (χ1) is 14.5. The van der Waals surface area contributed by atoms with E-state index in [-0.39, 0.29) is 17.8 Å². The maximum absolute atomic E-state index is 13.9. The van der Waals surface area contributed by atoms with Gasteiger partial charge in [0.2, 0.25) is 0 Å². The molecule has 1 heterocycles. The number of rotatable bonds is 3. The van der Waals surface area contributed by atoms with Crippen molar-refractivity contribution in [3.63, 3.8) is 0 Å². The molecule has 1 aliphatic rings. The number of carbonyl (C=O) groups is 1. The third-order valence-corrected chi connectivity index (χ3v) is 6.58. The van der Waals surface area contributed by atoms with Crippen LogP contribution in [-0.2, 0) is 0 Å². The minimum absolute atomic E-state index is 0.0451. The van der Waals surface area contributed by atoms with Crippen LogP contribution in [0.5, 0.6) is 0 Å². The Morgan fingerprint density at radius 1 is 1.07 bits per heavy atom. The lowest BCUT2D eigenvalue weighted by Crippen LogP contribution is -2.40. The Morgan fingerprint density at radius 3 is 2.67 bits per heavy atom. The molecule has 30 heavy (non-hydrogen) atoms. The zero-order valence-corrected chi connectivity index (χ0v) is 17.8. The lowest BCUT2D eigenvalue weighted by molar-refractivity contribution is 0.0915. The molecule has 0 spiro atoms. The molecule has 1 N–H and O–H groups in total. The summed E-state index contributed by atoms with van der Waals surface area (Å²) in [4.78, 5) is 17.0. The van der Waals surface area contributed by atoms with Crippen molar-refractivity contribution in [3.05, 3.63) is 76.7 Å². The van der Waals surface area contributed by atoms with Gasteiger partial charge >= 0.3 is 0 Å². The molecule has 0 unspecified atom stereocenters. The summed E-state index contributed by atoms with van der Waals surface area (Å²) in [6.45, 7) is 2.21. The van der Waals surface area contributed by atoms with E-state index in [4.69, 9.17) is 11.6 Å². The maximum Gasteiger partial charge on any atom is 0.251 e. The molecule has 1 amide bonds. The van der Waals surface area contributed by atoms with Gasteiger partial charge in [-0.1, -0.05) is 24.9 Å². The predicted octanol–water partition coefficient (Wildman–Crippen LogP) is 6.51. The van der Waals surface area contributed by atoms with Crippen molar-refractivity contribution >= 4 is 28.4 Å². The molecule has 0 bridgehead atoms. The van der Waals surface area contributed by atoms with Gasteiger partial charge in [0, 0.05) is 28.2 Å². The average molecular weight is 425 g/mol. The molecule has 0 radical (unpaired) electrons. The Balaban J connectivity index is 1.45. The summed E-state index contributed by atoms with van der Waals surface area (Å²) in [5.41, 5.74) is 2.67. The molecule has 2 aromatic carbocycles. The van der Waals surface area contributed by atoms with Gasteiger partial charge in [-0.15, -0.1) is 0 Å². The molecule has 1 aromatic heterocycles. The molecular formula is C25H26ClFN2O. The number of aromatic nitrogens is 1. The number of fused-ring (bicyclic) bond motifs is 1. The summed E-state index contributed by atoms with van der Waals surface area (Å²) in [7, 11) is 0. The fraction of sp³-hybridized carbons (Fsp3) is 0.360. The van der Waals surface area contributed by atoms with E-state index in [1.807, 2.05) is 12.3 Å². The Morgan fingerprint density at radius 2 is 1.87 bits per heavy atom. The highest BCUT2D eigenvalue weighted by Gasteiger charge is 2.26. The van der Waals surface area contributed by atoms with Gasteiger partial charge in [-0.2, -0.15) is 0 Å². The molecule has 0 saturated heterocycles. The lowest BCUT2D eigenvalue weighted by Gasteiger charge is -2.31. The largest absolute Gasteiger partial charge is 0.349 e. The summed E-state index contributed by atoms with van der Waals surface area (Å²) >= 11 is 5.92. The van der Waals surface area contributed by atoms with Crippen LogP contribution in [0.3, 0.4) is 0 Å². The molecule has 5 heteroatoms. The molecule has 1 aliphatic carbocycles. The number of nitrogens with zero attached hydrogens (tertiary/aromatic N) is 1. The molecule has 0 aliphatic heterocycles. The van der Waals surface area contributed by atoms with Crippen LogP contribution in [0.25, 0.3) is 10.9 Å². The van der Waals surface area contributed by atoms with E-state index in [2.05, 4.69) is 17.2 Å². The highest BCUT2D eigenvalue weighted by Crippen LogP contribution is 2.36. The van der Waals surface area contributed by atoms with Crippen molar-refractivity contribution in [2.75, 3.05) is 0 Å². The minimum atomic E-state index is -0.221. The zero-order chi connectivity index (χ0) is 21.1. The van der Waals surface area contributed by atoms with E-state index in [0.717, 1.165) is 43.0 Å². The van der Waals surface area contributed by atoms with Crippen LogP contribution in [0.15, 0.2) is 54.7 Å². The van der Waals surface area contributed by atoms with Crippen LogP contribution in [-0.4, -0.2) is 16.9 Å².